The van der Waals surface area contributed by atoms with Crippen molar-refractivity contribution in [2.75, 3.05) is 26.0 Å². The zero-order valence-electron chi connectivity index (χ0n) is 18.1. The SMILES string of the molecule is CN(C)C1(c2ccccc2)CCC(c2ccccc2)(N(C)c2nc(Cl)nc(Cl)n2)CC1. The second-order valence-corrected chi connectivity index (χ2v) is 9.10. The second kappa shape index (κ2) is 8.73. The van der Waals surface area contributed by atoms with Crippen LogP contribution >= 0.6 is 23.2 Å². The number of nitrogens with zero attached hydrogens (tertiary/aromatic N) is 5. The van der Waals surface area contributed by atoms with Gasteiger partial charge in [-0.1, -0.05) is 60.7 Å². The molecule has 0 amide bonds. The maximum absolute atomic E-state index is 6.11. The van der Waals surface area contributed by atoms with E-state index < -0.39 is 0 Å². The monoisotopic (exact) mass is 455 g/mol. The van der Waals surface area contributed by atoms with Crippen molar-refractivity contribution in [1.82, 2.24) is 19.9 Å². The first kappa shape index (κ1) is 22.0. The summed E-state index contributed by atoms with van der Waals surface area (Å²) in [6, 6.07) is 21.4. The molecule has 0 N–H and O–H groups in total. The molecule has 3 aromatic rings. The van der Waals surface area contributed by atoms with E-state index in [1.807, 2.05) is 13.1 Å². The minimum Gasteiger partial charge on any atom is -0.334 e. The average Bonchev–Trinajstić information content (AvgIpc) is 2.79. The molecule has 1 heterocycles. The summed E-state index contributed by atoms with van der Waals surface area (Å²) in [5, 5.41) is 0.209. The third-order valence-corrected chi connectivity index (χ3v) is 7.23. The molecule has 1 aliphatic rings. The summed E-state index contributed by atoms with van der Waals surface area (Å²) in [6.07, 6.45) is 3.86. The van der Waals surface area contributed by atoms with Gasteiger partial charge in [-0.2, -0.15) is 15.0 Å². The first-order valence-electron chi connectivity index (χ1n) is 10.5. The number of hydrogen-bond donors (Lipinski definition) is 0. The fraction of sp³-hybridized carbons (Fsp3) is 0.375. The molecule has 0 unspecified atom stereocenters. The van der Waals surface area contributed by atoms with Gasteiger partial charge in [-0.3, -0.25) is 4.90 Å². The Morgan fingerprint density at radius 2 is 1.06 bits per heavy atom. The number of rotatable bonds is 5. The molecular formula is C24H27Cl2N5. The van der Waals surface area contributed by atoms with E-state index in [0.29, 0.717) is 5.95 Å². The van der Waals surface area contributed by atoms with Crippen LogP contribution in [0.3, 0.4) is 0 Å². The molecule has 0 bridgehead atoms. The lowest BCUT2D eigenvalue weighted by Gasteiger charge is -2.53. The van der Waals surface area contributed by atoms with Gasteiger partial charge in [0, 0.05) is 12.6 Å². The predicted molar refractivity (Wildman–Crippen MR) is 127 cm³/mol. The Hall–Kier alpha value is -2.21. The minimum atomic E-state index is -0.274. The highest BCUT2D eigenvalue weighted by molar-refractivity contribution is 6.31. The molecule has 1 saturated carbocycles. The van der Waals surface area contributed by atoms with Gasteiger partial charge in [-0.25, -0.2) is 0 Å². The van der Waals surface area contributed by atoms with Gasteiger partial charge in [0.1, 0.15) is 0 Å². The van der Waals surface area contributed by atoms with E-state index in [4.69, 9.17) is 23.2 Å². The van der Waals surface area contributed by atoms with Crippen LogP contribution in [0.15, 0.2) is 60.7 Å². The van der Waals surface area contributed by atoms with E-state index in [2.05, 4.69) is 93.4 Å². The summed E-state index contributed by atoms with van der Waals surface area (Å²) in [7, 11) is 6.38. The molecule has 1 fully saturated rings. The topological polar surface area (TPSA) is 45.2 Å². The van der Waals surface area contributed by atoms with Gasteiger partial charge in [0.05, 0.1) is 5.54 Å². The van der Waals surface area contributed by atoms with Crippen LogP contribution in [0.1, 0.15) is 36.8 Å². The number of halogens is 2. The van der Waals surface area contributed by atoms with E-state index in [-0.39, 0.29) is 21.6 Å². The van der Waals surface area contributed by atoms with Crippen LogP contribution in [-0.2, 0) is 11.1 Å². The molecule has 1 aliphatic carbocycles. The van der Waals surface area contributed by atoms with Crippen molar-refractivity contribution in [3.63, 3.8) is 0 Å². The second-order valence-electron chi connectivity index (χ2n) is 8.42. The summed E-state index contributed by atoms with van der Waals surface area (Å²) in [5.74, 6) is 0.492. The summed E-state index contributed by atoms with van der Waals surface area (Å²) in [5.41, 5.74) is 2.30. The summed E-state index contributed by atoms with van der Waals surface area (Å²) in [6.45, 7) is 0. The Labute approximate surface area is 194 Å². The molecule has 7 heteroatoms. The van der Waals surface area contributed by atoms with Crippen LogP contribution in [0.2, 0.25) is 10.6 Å². The van der Waals surface area contributed by atoms with E-state index in [0.717, 1.165) is 25.7 Å². The third kappa shape index (κ3) is 4.02. The first-order chi connectivity index (χ1) is 14.9. The summed E-state index contributed by atoms with van der Waals surface area (Å²) < 4.78 is 0. The van der Waals surface area contributed by atoms with Gasteiger partial charge in [0.2, 0.25) is 16.5 Å². The smallest absolute Gasteiger partial charge is 0.231 e. The molecule has 0 aliphatic heterocycles. The molecule has 2 aromatic carbocycles. The fourth-order valence-corrected chi connectivity index (χ4v) is 5.40. The normalized spacial score (nSPS) is 23.7. The number of anilines is 1. The Morgan fingerprint density at radius 1 is 0.645 bits per heavy atom. The molecular weight excluding hydrogens is 429 g/mol. The molecule has 5 nitrogen and oxygen atoms in total. The highest BCUT2D eigenvalue weighted by Gasteiger charge is 2.48. The van der Waals surface area contributed by atoms with Crippen LogP contribution in [0.4, 0.5) is 5.95 Å². The predicted octanol–water partition coefficient (Wildman–Crippen LogP) is 5.54. The third-order valence-electron chi connectivity index (χ3n) is 6.89. The van der Waals surface area contributed by atoms with Crippen molar-refractivity contribution in [2.24, 2.45) is 0 Å². The van der Waals surface area contributed by atoms with Crippen molar-refractivity contribution in [1.29, 1.82) is 0 Å². The van der Waals surface area contributed by atoms with E-state index >= 15 is 0 Å². The van der Waals surface area contributed by atoms with E-state index in [1.165, 1.54) is 11.1 Å². The van der Waals surface area contributed by atoms with Crippen LogP contribution < -0.4 is 4.90 Å². The Bertz CT molecular complexity index is 998. The molecule has 0 radical (unpaired) electrons. The largest absolute Gasteiger partial charge is 0.334 e. The summed E-state index contributed by atoms with van der Waals surface area (Å²) in [4.78, 5) is 17.2. The molecule has 31 heavy (non-hydrogen) atoms. The zero-order chi connectivity index (χ0) is 22.1. The van der Waals surface area contributed by atoms with Crippen molar-refractivity contribution >= 4 is 29.2 Å². The first-order valence-corrected chi connectivity index (χ1v) is 11.2. The van der Waals surface area contributed by atoms with Crippen LogP contribution in [0.5, 0.6) is 0 Å². The quantitative estimate of drug-likeness (QED) is 0.505. The van der Waals surface area contributed by atoms with Gasteiger partial charge in [0.15, 0.2) is 0 Å². The molecule has 0 saturated heterocycles. The molecule has 4 rings (SSSR count). The van der Waals surface area contributed by atoms with Crippen molar-refractivity contribution in [3.8, 4) is 0 Å². The van der Waals surface area contributed by atoms with Crippen molar-refractivity contribution in [2.45, 2.75) is 36.8 Å². The zero-order valence-corrected chi connectivity index (χ0v) is 19.6. The lowest BCUT2D eigenvalue weighted by Crippen LogP contribution is -2.54. The van der Waals surface area contributed by atoms with Crippen molar-refractivity contribution in [3.05, 3.63) is 82.4 Å². The van der Waals surface area contributed by atoms with Crippen molar-refractivity contribution < 1.29 is 0 Å². The number of aromatic nitrogens is 3. The maximum atomic E-state index is 6.11. The molecule has 0 spiro atoms. The van der Waals surface area contributed by atoms with Crippen LogP contribution in [0.25, 0.3) is 0 Å². The Kier molecular flexibility index (Phi) is 6.20. The highest BCUT2D eigenvalue weighted by atomic mass is 35.5. The standard InChI is InChI=1S/C24H27Cl2N5/c1-30(2)23(18-10-6-4-7-11-18)14-16-24(17-15-23,19-12-8-5-9-13-19)31(3)22-28-20(25)27-21(26)29-22/h4-13H,14-17H2,1-3H3. The summed E-state index contributed by atoms with van der Waals surface area (Å²) >= 11 is 12.2. The molecule has 162 valence electrons. The lowest BCUT2D eigenvalue weighted by atomic mass is 9.66. The number of hydrogen-bond acceptors (Lipinski definition) is 5. The minimum absolute atomic E-state index is 0.0191. The highest BCUT2D eigenvalue weighted by Crippen LogP contribution is 2.51. The van der Waals surface area contributed by atoms with E-state index in [1.54, 1.807) is 0 Å². The van der Waals surface area contributed by atoms with Gasteiger partial charge < -0.3 is 4.90 Å². The van der Waals surface area contributed by atoms with Gasteiger partial charge in [0.25, 0.3) is 0 Å². The van der Waals surface area contributed by atoms with Gasteiger partial charge >= 0.3 is 0 Å². The van der Waals surface area contributed by atoms with Crippen LogP contribution in [-0.4, -0.2) is 41.0 Å². The fourth-order valence-electron chi connectivity index (χ4n) is 5.04. The lowest BCUT2D eigenvalue weighted by molar-refractivity contribution is 0.0642. The molecule has 1 aromatic heterocycles. The number of benzene rings is 2. The Balaban J connectivity index is 1.76. The van der Waals surface area contributed by atoms with E-state index in [9.17, 15) is 0 Å². The average molecular weight is 456 g/mol. The molecule has 0 atom stereocenters. The van der Waals surface area contributed by atoms with Gasteiger partial charge in [-0.15, -0.1) is 0 Å². The van der Waals surface area contributed by atoms with Gasteiger partial charge in [-0.05, 0) is 74.1 Å². The van der Waals surface area contributed by atoms with Crippen LogP contribution in [0, 0.1) is 0 Å². The Morgan fingerprint density at radius 3 is 1.52 bits per heavy atom. The maximum Gasteiger partial charge on any atom is 0.231 e.